The van der Waals surface area contributed by atoms with Crippen LogP contribution in [0.25, 0.3) is 0 Å². The van der Waals surface area contributed by atoms with Crippen LogP contribution < -0.4 is 5.32 Å². The van der Waals surface area contributed by atoms with Gasteiger partial charge in [-0.2, -0.15) is 0 Å². The fourth-order valence-electron chi connectivity index (χ4n) is 3.84. The number of nitrogens with one attached hydrogen (secondary N) is 1. The number of benzene rings is 1. The third kappa shape index (κ3) is 4.02. The summed E-state index contributed by atoms with van der Waals surface area (Å²) in [4.78, 5) is 7.22. The van der Waals surface area contributed by atoms with E-state index in [0.717, 1.165) is 51.4 Å². The molecular weight excluding hydrogens is 310 g/mol. The SMILES string of the molecule is CC1Cc2cnc(NC3CCOCC3)cc2CN1Cc1ccccc1. The number of hydrogen-bond acceptors (Lipinski definition) is 4. The average molecular weight is 337 g/mol. The van der Waals surface area contributed by atoms with Crippen LogP contribution in [0.2, 0.25) is 0 Å². The van der Waals surface area contributed by atoms with Crippen molar-refractivity contribution in [2.24, 2.45) is 0 Å². The van der Waals surface area contributed by atoms with E-state index < -0.39 is 0 Å². The van der Waals surface area contributed by atoms with E-state index in [1.807, 2.05) is 0 Å². The second kappa shape index (κ2) is 7.54. The van der Waals surface area contributed by atoms with Crippen LogP contribution in [0.1, 0.15) is 36.5 Å². The number of anilines is 1. The highest BCUT2D eigenvalue weighted by atomic mass is 16.5. The molecule has 1 atom stereocenters. The molecule has 0 bridgehead atoms. The van der Waals surface area contributed by atoms with Gasteiger partial charge in [0.05, 0.1) is 0 Å². The lowest BCUT2D eigenvalue weighted by molar-refractivity contribution is 0.0904. The Morgan fingerprint density at radius 1 is 1.16 bits per heavy atom. The molecule has 2 aliphatic rings. The summed E-state index contributed by atoms with van der Waals surface area (Å²) < 4.78 is 5.44. The molecule has 0 aliphatic carbocycles. The lowest BCUT2D eigenvalue weighted by Gasteiger charge is -2.35. The molecule has 25 heavy (non-hydrogen) atoms. The van der Waals surface area contributed by atoms with E-state index >= 15 is 0 Å². The summed E-state index contributed by atoms with van der Waals surface area (Å²) in [5.74, 6) is 1.01. The molecular formula is C21H27N3O. The van der Waals surface area contributed by atoms with Gasteiger partial charge in [0.2, 0.25) is 0 Å². The average Bonchev–Trinajstić information content (AvgIpc) is 2.64. The normalized spacial score (nSPS) is 21.7. The Morgan fingerprint density at radius 3 is 2.76 bits per heavy atom. The number of rotatable bonds is 4. The lowest BCUT2D eigenvalue weighted by Crippen LogP contribution is -2.38. The summed E-state index contributed by atoms with van der Waals surface area (Å²) in [6, 6.07) is 14.0. The number of hydrogen-bond donors (Lipinski definition) is 1. The Kier molecular flexibility index (Phi) is 4.99. The maximum atomic E-state index is 5.44. The van der Waals surface area contributed by atoms with Crippen molar-refractivity contribution in [1.82, 2.24) is 9.88 Å². The molecule has 4 nitrogen and oxygen atoms in total. The molecule has 0 radical (unpaired) electrons. The molecule has 132 valence electrons. The van der Waals surface area contributed by atoms with Crippen LogP contribution in [0.15, 0.2) is 42.6 Å². The maximum Gasteiger partial charge on any atom is 0.126 e. The maximum absolute atomic E-state index is 5.44. The summed E-state index contributed by atoms with van der Waals surface area (Å²) >= 11 is 0. The molecule has 2 aromatic rings. The first kappa shape index (κ1) is 16.6. The zero-order chi connectivity index (χ0) is 17.1. The Labute approximate surface area is 150 Å². The Bertz CT molecular complexity index is 698. The van der Waals surface area contributed by atoms with Crippen molar-refractivity contribution in [3.05, 3.63) is 59.3 Å². The summed E-state index contributed by atoms with van der Waals surface area (Å²) in [6.45, 7) is 6.03. The molecule has 1 unspecified atom stereocenters. The summed E-state index contributed by atoms with van der Waals surface area (Å²) in [6.07, 6.45) is 5.28. The number of aromatic nitrogens is 1. The highest BCUT2D eigenvalue weighted by Gasteiger charge is 2.24. The van der Waals surface area contributed by atoms with Gasteiger partial charge in [0.15, 0.2) is 0 Å². The number of pyridine rings is 1. The third-order valence-electron chi connectivity index (χ3n) is 5.40. The van der Waals surface area contributed by atoms with Gasteiger partial charge in [0, 0.05) is 44.6 Å². The molecule has 0 spiro atoms. The second-order valence-corrected chi connectivity index (χ2v) is 7.31. The number of nitrogens with zero attached hydrogens (tertiary/aromatic N) is 2. The van der Waals surface area contributed by atoms with Crippen LogP contribution >= 0.6 is 0 Å². The minimum Gasteiger partial charge on any atom is -0.381 e. The van der Waals surface area contributed by atoms with E-state index in [1.54, 1.807) is 0 Å². The molecule has 0 amide bonds. The van der Waals surface area contributed by atoms with Crippen LogP contribution in [0.5, 0.6) is 0 Å². The standard InChI is InChI=1S/C21H27N3O/c1-16-11-18-13-22-21(23-20-7-9-25-10-8-20)12-19(18)15-24(16)14-17-5-3-2-4-6-17/h2-6,12-13,16,20H,7-11,14-15H2,1H3,(H,22,23). The Hall–Kier alpha value is -1.91. The van der Waals surface area contributed by atoms with Gasteiger partial charge in [-0.15, -0.1) is 0 Å². The highest BCUT2D eigenvalue weighted by molar-refractivity contribution is 5.43. The molecule has 1 saturated heterocycles. The fraction of sp³-hybridized carbons (Fsp3) is 0.476. The summed E-state index contributed by atoms with van der Waals surface area (Å²) in [5.41, 5.74) is 4.19. The largest absolute Gasteiger partial charge is 0.381 e. The van der Waals surface area contributed by atoms with Crippen LogP contribution in [0.3, 0.4) is 0 Å². The van der Waals surface area contributed by atoms with Crippen molar-refractivity contribution >= 4 is 5.82 Å². The molecule has 1 fully saturated rings. The Balaban J connectivity index is 1.47. The lowest BCUT2D eigenvalue weighted by atomic mass is 9.96. The van der Waals surface area contributed by atoms with Crippen molar-refractivity contribution in [3.8, 4) is 0 Å². The second-order valence-electron chi connectivity index (χ2n) is 7.31. The van der Waals surface area contributed by atoms with Crippen LogP contribution in [-0.2, 0) is 24.2 Å². The van der Waals surface area contributed by atoms with Crippen LogP contribution in [0, 0.1) is 0 Å². The van der Waals surface area contributed by atoms with Crippen molar-refractivity contribution in [1.29, 1.82) is 0 Å². The van der Waals surface area contributed by atoms with Gasteiger partial charge in [0.25, 0.3) is 0 Å². The topological polar surface area (TPSA) is 37.4 Å². The quantitative estimate of drug-likeness (QED) is 0.925. The van der Waals surface area contributed by atoms with Crippen molar-refractivity contribution in [2.45, 2.75) is 51.4 Å². The van der Waals surface area contributed by atoms with E-state index in [1.165, 1.54) is 16.7 Å². The van der Waals surface area contributed by atoms with E-state index in [4.69, 9.17) is 4.74 Å². The predicted octanol–water partition coefficient (Wildman–Crippen LogP) is 3.62. The van der Waals surface area contributed by atoms with Crippen molar-refractivity contribution in [3.63, 3.8) is 0 Å². The molecule has 0 saturated carbocycles. The molecule has 3 heterocycles. The number of fused-ring (bicyclic) bond motifs is 1. The van der Waals surface area contributed by atoms with Crippen LogP contribution in [0.4, 0.5) is 5.82 Å². The molecule has 2 aliphatic heterocycles. The first-order chi connectivity index (χ1) is 12.3. The molecule has 4 rings (SSSR count). The zero-order valence-corrected chi connectivity index (χ0v) is 14.9. The molecule has 1 N–H and O–H groups in total. The van der Waals surface area contributed by atoms with Gasteiger partial charge >= 0.3 is 0 Å². The first-order valence-corrected chi connectivity index (χ1v) is 9.38. The molecule has 1 aromatic carbocycles. The van der Waals surface area contributed by atoms with Gasteiger partial charge in [0.1, 0.15) is 5.82 Å². The molecule has 4 heteroatoms. The first-order valence-electron chi connectivity index (χ1n) is 9.38. The third-order valence-corrected chi connectivity index (χ3v) is 5.40. The van der Waals surface area contributed by atoms with E-state index in [-0.39, 0.29) is 0 Å². The van der Waals surface area contributed by atoms with Gasteiger partial charge in [-0.3, -0.25) is 4.90 Å². The van der Waals surface area contributed by atoms with E-state index in [0.29, 0.717) is 12.1 Å². The zero-order valence-electron chi connectivity index (χ0n) is 14.9. The predicted molar refractivity (Wildman–Crippen MR) is 101 cm³/mol. The van der Waals surface area contributed by atoms with Crippen molar-refractivity contribution in [2.75, 3.05) is 18.5 Å². The highest BCUT2D eigenvalue weighted by Crippen LogP contribution is 2.26. The van der Waals surface area contributed by atoms with Crippen LogP contribution in [-0.4, -0.2) is 35.2 Å². The number of ether oxygens (including phenoxy) is 1. The van der Waals surface area contributed by atoms with Gasteiger partial charge < -0.3 is 10.1 Å². The van der Waals surface area contributed by atoms with Gasteiger partial charge in [-0.05, 0) is 48.9 Å². The summed E-state index contributed by atoms with van der Waals surface area (Å²) in [7, 11) is 0. The Morgan fingerprint density at radius 2 is 1.96 bits per heavy atom. The van der Waals surface area contributed by atoms with Gasteiger partial charge in [-0.25, -0.2) is 4.98 Å². The smallest absolute Gasteiger partial charge is 0.126 e. The van der Waals surface area contributed by atoms with E-state index in [2.05, 4.69) is 64.7 Å². The van der Waals surface area contributed by atoms with Crippen molar-refractivity contribution < 1.29 is 4.74 Å². The minimum absolute atomic E-state index is 0.488. The van der Waals surface area contributed by atoms with E-state index in [9.17, 15) is 0 Å². The summed E-state index contributed by atoms with van der Waals surface area (Å²) in [5, 5.41) is 3.60. The fourth-order valence-corrected chi connectivity index (χ4v) is 3.84. The molecule has 1 aromatic heterocycles. The minimum atomic E-state index is 0.488. The van der Waals surface area contributed by atoms with Gasteiger partial charge in [-0.1, -0.05) is 30.3 Å². The monoisotopic (exact) mass is 337 g/mol.